The van der Waals surface area contributed by atoms with Crippen LogP contribution in [0.4, 0.5) is 0 Å². The molecule has 3 aromatic rings. The van der Waals surface area contributed by atoms with Crippen LogP contribution in [0.15, 0.2) is 66.7 Å². The number of nitrogens with two attached hydrogens (primary N) is 2. The van der Waals surface area contributed by atoms with Crippen molar-refractivity contribution in [1.29, 1.82) is 0 Å². The predicted octanol–water partition coefficient (Wildman–Crippen LogP) is 5.13. The second kappa shape index (κ2) is 12.8. The fourth-order valence-electron chi connectivity index (χ4n) is 3.49. The summed E-state index contributed by atoms with van der Waals surface area (Å²) in [6.07, 6.45) is 4.84. The van der Waals surface area contributed by atoms with Crippen LogP contribution in [-0.4, -0.2) is 13.7 Å². The van der Waals surface area contributed by atoms with Crippen LogP contribution in [0.5, 0.6) is 5.75 Å². The number of ether oxygens (including phenoxy) is 1. The van der Waals surface area contributed by atoms with Gasteiger partial charge < -0.3 is 16.2 Å². The molecular formula is C27H36N2O. The molecule has 30 heavy (non-hydrogen) atoms. The zero-order valence-electron chi connectivity index (χ0n) is 18.7. The van der Waals surface area contributed by atoms with Crippen LogP contribution in [0, 0.1) is 13.8 Å². The summed E-state index contributed by atoms with van der Waals surface area (Å²) in [5.74, 6) is 0.929. The first-order chi connectivity index (χ1) is 14.6. The minimum absolute atomic E-state index is 0.639. The van der Waals surface area contributed by atoms with Gasteiger partial charge in [0.25, 0.3) is 0 Å². The van der Waals surface area contributed by atoms with E-state index in [2.05, 4.69) is 56.3 Å². The summed E-state index contributed by atoms with van der Waals surface area (Å²) in [5, 5.41) is 0. The van der Waals surface area contributed by atoms with Gasteiger partial charge in [-0.05, 0) is 74.4 Å². The Morgan fingerprint density at radius 1 is 0.800 bits per heavy atom. The number of rotatable bonds is 4. The average molecular weight is 405 g/mol. The highest BCUT2D eigenvalue weighted by Crippen LogP contribution is 2.22. The highest BCUT2D eigenvalue weighted by molar-refractivity contribution is 5.34. The van der Waals surface area contributed by atoms with Crippen molar-refractivity contribution in [2.45, 2.75) is 46.1 Å². The Bertz CT molecular complexity index is 888. The summed E-state index contributed by atoms with van der Waals surface area (Å²) in [5.41, 5.74) is 19.0. The number of benzene rings is 3. The number of aryl methyl sites for hydroxylation is 4. The van der Waals surface area contributed by atoms with Gasteiger partial charge in [-0.25, -0.2) is 0 Å². The SMILES string of the molecule is COc1ccccc1CCN.Cc1ccc(CN)cc1.Cc1ccc2c(c1)CCC2. The third-order valence-electron chi connectivity index (χ3n) is 5.22. The van der Waals surface area contributed by atoms with Crippen molar-refractivity contribution >= 4 is 0 Å². The molecule has 0 atom stereocenters. The standard InChI is InChI=1S/C10H12.C9H13NO.C8H11N/c1-8-5-6-9-3-2-4-10(9)7-8;1-11-9-5-3-2-4-8(9)6-7-10;1-7-2-4-8(6-9)5-3-7/h5-7H,2-4H2,1H3;2-5H,6-7,10H2,1H3;2-5H,6,9H2,1H3. The zero-order chi connectivity index (χ0) is 21.8. The van der Waals surface area contributed by atoms with Crippen molar-refractivity contribution in [2.24, 2.45) is 11.5 Å². The highest BCUT2D eigenvalue weighted by atomic mass is 16.5. The van der Waals surface area contributed by atoms with Crippen LogP contribution in [0.3, 0.4) is 0 Å². The normalized spacial score (nSPS) is 11.5. The zero-order valence-corrected chi connectivity index (χ0v) is 18.7. The maximum absolute atomic E-state index is 5.43. The summed E-state index contributed by atoms with van der Waals surface area (Å²) < 4.78 is 5.14. The Kier molecular flexibility index (Phi) is 10.1. The number of para-hydroxylation sites is 1. The van der Waals surface area contributed by atoms with Crippen LogP contribution in [-0.2, 0) is 25.8 Å². The quantitative estimate of drug-likeness (QED) is 0.633. The van der Waals surface area contributed by atoms with Crippen molar-refractivity contribution < 1.29 is 4.74 Å². The Hall–Kier alpha value is -2.62. The van der Waals surface area contributed by atoms with E-state index in [4.69, 9.17) is 16.2 Å². The van der Waals surface area contributed by atoms with Gasteiger partial charge in [-0.2, -0.15) is 0 Å². The molecule has 3 heteroatoms. The van der Waals surface area contributed by atoms with Crippen molar-refractivity contribution in [1.82, 2.24) is 0 Å². The van der Waals surface area contributed by atoms with Gasteiger partial charge in [-0.15, -0.1) is 0 Å². The monoisotopic (exact) mass is 404 g/mol. The van der Waals surface area contributed by atoms with Crippen molar-refractivity contribution in [3.05, 3.63) is 100 Å². The summed E-state index contributed by atoms with van der Waals surface area (Å²) >= 11 is 0. The topological polar surface area (TPSA) is 61.3 Å². The predicted molar refractivity (Wildman–Crippen MR) is 128 cm³/mol. The van der Waals surface area contributed by atoms with Gasteiger partial charge in [0.1, 0.15) is 5.75 Å². The molecule has 1 aliphatic carbocycles. The molecule has 1 aliphatic rings. The van der Waals surface area contributed by atoms with Crippen molar-refractivity contribution in [3.63, 3.8) is 0 Å². The summed E-state index contributed by atoms with van der Waals surface area (Å²) in [6, 6.07) is 23.0. The lowest BCUT2D eigenvalue weighted by molar-refractivity contribution is 0.410. The minimum atomic E-state index is 0.639. The van der Waals surface area contributed by atoms with Crippen LogP contribution in [0.25, 0.3) is 0 Å². The van der Waals surface area contributed by atoms with Crippen LogP contribution < -0.4 is 16.2 Å². The van der Waals surface area contributed by atoms with E-state index in [9.17, 15) is 0 Å². The van der Waals surface area contributed by atoms with E-state index in [0.29, 0.717) is 13.1 Å². The molecule has 0 heterocycles. The third kappa shape index (κ3) is 7.66. The maximum atomic E-state index is 5.43. The fraction of sp³-hybridized carbons (Fsp3) is 0.333. The van der Waals surface area contributed by atoms with Gasteiger partial charge >= 0.3 is 0 Å². The van der Waals surface area contributed by atoms with E-state index in [1.165, 1.54) is 41.5 Å². The molecule has 4 rings (SSSR count). The van der Waals surface area contributed by atoms with E-state index >= 15 is 0 Å². The van der Waals surface area contributed by atoms with E-state index < -0.39 is 0 Å². The average Bonchev–Trinajstić information content (AvgIpc) is 3.23. The Morgan fingerprint density at radius 2 is 1.47 bits per heavy atom. The van der Waals surface area contributed by atoms with E-state index in [-0.39, 0.29) is 0 Å². The Labute approximate surface area is 182 Å². The number of fused-ring (bicyclic) bond motifs is 1. The number of methoxy groups -OCH3 is 1. The molecule has 3 nitrogen and oxygen atoms in total. The molecule has 0 aromatic heterocycles. The molecule has 0 bridgehead atoms. The van der Waals surface area contributed by atoms with E-state index in [1.807, 2.05) is 24.3 Å². The minimum Gasteiger partial charge on any atom is -0.496 e. The van der Waals surface area contributed by atoms with Gasteiger partial charge in [0.15, 0.2) is 0 Å². The molecule has 3 aromatic carbocycles. The molecule has 0 fully saturated rings. The summed E-state index contributed by atoms with van der Waals surface area (Å²) in [4.78, 5) is 0. The van der Waals surface area contributed by atoms with Gasteiger partial charge in [0, 0.05) is 6.54 Å². The molecule has 0 radical (unpaired) electrons. The molecule has 160 valence electrons. The van der Waals surface area contributed by atoms with Crippen LogP contribution in [0.2, 0.25) is 0 Å². The van der Waals surface area contributed by atoms with Crippen molar-refractivity contribution in [3.8, 4) is 5.75 Å². The first-order valence-corrected chi connectivity index (χ1v) is 10.7. The molecule has 0 saturated carbocycles. The lowest BCUT2D eigenvalue weighted by atomic mass is 10.1. The lowest BCUT2D eigenvalue weighted by Gasteiger charge is -2.05. The van der Waals surface area contributed by atoms with Gasteiger partial charge in [-0.3, -0.25) is 0 Å². The molecule has 0 amide bonds. The van der Waals surface area contributed by atoms with E-state index in [0.717, 1.165) is 12.2 Å². The Morgan fingerprint density at radius 3 is 2.13 bits per heavy atom. The van der Waals surface area contributed by atoms with Gasteiger partial charge in [0.05, 0.1) is 7.11 Å². The first-order valence-electron chi connectivity index (χ1n) is 10.7. The Balaban J connectivity index is 0.000000161. The maximum Gasteiger partial charge on any atom is 0.122 e. The molecule has 0 saturated heterocycles. The number of hydrogen-bond acceptors (Lipinski definition) is 3. The second-order valence-electron chi connectivity index (χ2n) is 7.67. The molecule has 0 unspecified atom stereocenters. The third-order valence-corrected chi connectivity index (χ3v) is 5.22. The van der Waals surface area contributed by atoms with E-state index in [1.54, 1.807) is 18.2 Å². The smallest absolute Gasteiger partial charge is 0.122 e. The first kappa shape index (κ1) is 23.7. The summed E-state index contributed by atoms with van der Waals surface area (Å²) in [6.45, 7) is 5.54. The largest absolute Gasteiger partial charge is 0.496 e. The molecule has 4 N–H and O–H groups in total. The molecular weight excluding hydrogens is 368 g/mol. The lowest BCUT2D eigenvalue weighted by Crippen LogP contribution is -2.03. The highest BCUT2D eigenvalue weighted by Gasteiger charge is 2.08. The second-order valence-corrected chi connectivity index (χ2v) is 7.67. The van der Waals surface area contributed by atoms with Crippen LogP contribution in [0.1, 0.15) is 39.8 Å². The molecule has 0 spiro atoms. The van der Waals surface area contributed by atoms with Crippen molar-refractivity contribution in [2.75, 3.05) is 13.7 Å². The molecule has 0 aliphatic heterocycles. The van der Waals surface area contributed by atoms with Gasteiger partial charge in [-0.1, -0.05) is 71.8 Å². The van der Waals surface area contributed by atoms with Crippen LogP contribution >= 0.6 is 0 Å². The summed E-state index contributed by atoms with van der Waals surface area (Å²) in [7, 11) is 1.68. The van der Waals surface area contributed by atoms with Gasteiger partial charge in [0.2, 0.25) is 0 Å². The fourth-order valence-corrected chi connectivity index (χ4v) is 3.49. The number of hydrogen-bond donors (Lipinski definition) is 2.